The van der Waals surface area contributed by atoms with Gasteiger partial charge in [-0.3, -0.25) is 4.98 Å². The Hall–Kier alpha value is -2.42. The number of anilines is 2. The normalized spacial score (nSPS) is 12.6. The third-order valence-electron chi connectivity index (χ3n) is 8.21. The van der Waals surface area contributed by atoms with Gasteiger partial charge in [-0.2, -0.15) is 0 Å². The lowest BCUT2D eigenvalue weighted by molar-refractivity contribution is 0.272. The van der Waals surface area contributed by atoms with E-state index in [4.69, 9.17) is 61.7 Å². The van der Waals surface area contributed by atoms with E-state index in [0.29, 0.717) is 17.2 Å². The van der Waals surface area contributed by atoms with Crippen LogP contribution in [0.15, 0.2) is 60.8 Å². The first-order valence-electron chi connectivity index (χ1n) is 17.9. The Morgan fingerprint density at radius 3 is 1.63 bits per heavy atom. The number of nitrogens with zero attached hydrogens (tertiary/aromatic N) is 4. The second-order valence-corrected chi connectivity index (χ2v) is 15.4. The van der Waals surface area contributed by atoms with E-state index in [-0.39, 0.29) is 0 Å². The Morgan fingerprint density at radius 2 is 1.13 bits per heavy atom. The molecule has 54 heavy (non-hydrogen) atoms. The van der Waals surface area contributed by atoms with Gasteiger partial charge >= 0.3 is 15.6 Å². The summed E-state index contributed by atoms with van der Waals surface area (Å²) >= 11 is 12.2. The highest BCUT2D eigenvalue weighted by Gasteiger charge is 2.10. The standard InChI is InChI=1S/2C18H26ClN3.2H3O4P/c1-4-22(5-2)12-6-7-14(3)21-17-10-11-20-18-13-15(19)8-9-16(17)18;1-4-22(5-2)12-8-9-14(3)20-17-13-18(19)21-16-11-7-6-10-15(16)17;2*1-5(2,3)4/h8-11,13-14H,4-7,12H2,1-3H3,(H,20,21);6-7,10-11,13-14H,4-5,8-9,12H2,1-3H3,(H,20,21);2*(H3,1,2,3,4). The van der Waals surface area contributed by atoms with Crippen LogP contribution in [0, 0.1) is 0 Å². The van der Waals surface area contributed by atoms with Crippen molar-refractivity contribution in [2.75, 3.05) is 49.9 Å². The number of pyridine rings is 2. The van der Waals surface area contributed by atoms with Crippen LogP contribution in [0.5, 0.6) is 0 Å². The fraction of sp³-hybridized carbons (Fsp3) is 0.500. The molecule has 14 nitrogen and oxygen atoms in total. The lowest BCUT2D eigenvalue weighted by Gasteiger charge is -2.21. The Balaban J connectivity index is 0.000000432. The van der Waals surface area contributed by atoms with Gasteiger partial charge in [0.1, 0.15) is 5.15 Å². The van der Waals surface area contributed by atoms with Crippen LogP contribution in [0.25, 0.3) is 21.8 Å². The Labute approximate surface area is 329 Å². The van der Waals surface area contributed by atoms with E-state index in [1.807, 2.05) is 54.7 Å². The number of para-hydroxylation sites is 1. The quantitative estimate of drug-likeness (QED) is 0.0401. The molecule has 0 saturated heterocycles. The maximum Gasteiger partial charge on any atom is 0.466 e. The van der Waals surface area contributed by atoms with Gasteiger partial charge in [0, 0.05) is 45.5 Å². The van der Waals surface area contributed by atoms with Gasteiger partial charge in [0.2, 0.25) is 0 Å². The molecule has 0 aliphatic heterocycles. The molecule has 304 valence electrons. The van der Waals surface area contributed by atoms with E-state index in [0.717, 1.165) is 83.8 Å². The number of aromatic nitrogens is 2. The van der Waals surface area contributed by atoms with Gasteiger partial charge in [-0.25, -0.2) is 14.1 Å². The molecule has 2 unspecified atom stereocenters. The third kappa shape index (κ3) is 22.8. The number of hydrogen-bond acceptors (Lipinski definition) is 8. The van der Waals surface area contributed by atoms with E-state index in [1.165, 1.54) is 19.4 Å². The maximum absolute atomic E-state index is 8.88. The minimum absolute atomic E-state index is 0.414. The Morgan fingerprint density at radius 1 is 0.667 bits per heavy atom. The number of fused-ring (bicyclic) bond motifs is 2. The van der Waals surface area contributed by atoms with Crippen LogP contribution in [-0.2, 0) is 9.13 Å². The first-order valence-corrected chi connectivity index (χ1v) is 21.8. The van der Waals surface area contributed by atoms with Crippen molar-refractivity contribution in [1.29, 1.82) is 0 Å². The van der Waals surface area contributed by atoms with Crippen LogP contribution in [0.3, 0.4) is 0 Å². The number of nitrogens with one attached hydrogen (secondary N) is 2. The number of halogens is 2. The summed E-state index contributed by atoms with van der Waals surface area (Å²) in [5.41, 5.74) is 4.09. The molecule has 18 heteroatoms. The molecule has 0 aliphatic carbocycles. The van der Waals surface area contributed by atoms with Crippen LogP contribution >= 0.6 is 38.8 Å². The van der Waals surface area contributed by atoms with Gasteiger partial charge in [-0.15, -0.1) is 0 Å². The van der Waals surface area contributed by atoms with Crippen molar-refractivity contribution in [1.82, 2.24) is 19.8 Å². The molecule has 0 amide bonds. The van der Waals surface area contributed by atoms with Crippen molar-refractivity contribution in [3.05, 3.63) is 71.0 Å². The van der Waals surface area contributed by atoms with Gasteiger partial charge in [0.05, 0.1) is 11.0 Å². The average Bonchev–Trinajstić information content (AvgIpc) is 3.07. The second-order valence-electron chi connectivity index (χ2n) is 12.5. The summed E-state index contributed by atoms with van der Waals surface area (Å²) in [6.07, 6.45) is 6.56. The zero-order chi connectivity index (χ0) is 40.9. The number of hydrogen-bond donors (Lipinski definition) is 8. The van der Waals surface area contributed by atoms with Crippen molar-refractivity contribution < 1.29 is 38.5 Å². The molecule has 0 fully saturated rings. The van der Waals surface area contributed by atoms with Crippen molar-refractivity contribution in [2.24, 2.45) is 0 Å². The highest BCUT2D eigenvalue weighted by Crippen LogP contribution is 2.28. The molecule has 4 rings (SSSR count). The Kier molecular flexibility index (Phi) is 23.6. The second kappa shape index (κ2) is 25.7. The molecular weight excluding hydrogens is 777 g/mol. The summed E-state index contributed by atoms with van der Waals surface area (Å²) in [6, 6.07) is 18.8. The molecule has 2 heterocycles. The predicted molar refractivity (Wildman–Crippen MR) is 222 cm³/mol. The minimum atomic E-state index is -4.64. The number of rotatable bonds is 16. The lowest BCUT2D eigenvalue weighted by atomic mass is 10.1. The first kappa shape index (κ1) is 49.6. The van der Waals surface area contributed by atoms with Crippen LogP contribution < -0.4 is 10.6 Å². The van der Waals surface area contributed by atoms with Gasteiger partial charge in [0.15, 0.2) is 0 Å². The summed E-state index contributed by atoms with van der Waals surface area (Å²) in [5.74, 6) is 0. The van der Waals surface area contributed by atoms with E-state index in [1.54, 1.807) is 0 Å². The fourth-order valence-corrected chi connectivity index (χ4v) is 5.87. The summed E-state index contributed by atoms with van der Waals surface area (Å²) in [6.45, 7) is 20.2. The van der Waals surface area contributed by atoms with E-state index in [2.05, 4.69) is 78.0 Å². The van der Waals surface area contributed by atoms with Gasteiger partial charge < -0.3 is 49.8 Å². The monoisotopic (exact) mass is 834 g/mol. The summed E-state index contributed by atoms with van der Waals surface area (Å²) < 4.78 is 17.8. The minimum Gasteiger partial charge on any atom is -0.382 e. The molecule has 8 N–H and O–H groups in total. The maximum atomic E-state index is 8.88. The van der Waals surface area contributed by atoms with Crippen molar-refractivity contribution in [3.8, 4) is 0 Å². The molecule has 0 aliphatic rings. The highest BCUT2D eigenvalue weighted by atomic mass is 35.5. The van der Waals surface area contributed by atoms with Crippen LogP contribution in [-0.4, -0.2) is 100 Å². The molecule has 0 spiro atoms. The van der Waals surface area contributed by atoms with Crippen LogP contribution in [0.4, 0.5) is 11.4 Å². The summed E-state index contributed by atoms with van der Waals surface area (Å²) in [4.78, 5) is 56.8. The van der Waals surface area contributed by atoms with Crippen LogP contribution in [0.2, 0.25) is 10.2 Å². The molecular formula is C36H58Cl2N6O8P2. The van der Waals surface area contributed by atoms with Crippen molar-refractivity contribution >= 4 is 72.0 Å². The third-order valence-corrected chi connectivity index (χ3v) is 8.63. The predicted octanol–water partition coefficient (Wildman–Crippen LogP) is 7.76. The zero-order valence-electron chi connectivity index (χ0n) is 31.9. The summed E-state index contributed by atoms with van der Waals surface area (Å²) in [7, 11) is -9.28. The van der Waals surface area contributed by atoms with Gasteiger partial charge in [-0.05, 0) is 115 Å². The SMILES string of the molecule is CCN(CC)CCCC(C)Nc1cc(Cl)nc2ccccc12.CCN(CC)CCCC(C)Nc1ccnc2cc(Cl)ccc12.O=P(O)(O)O.O=P(O)(O)O. The fourth-order valence-electron chi connectivity index (χ4n) is 5.51. The van der Waals surface area contributed by atoms with Gasteiger partial charge in [-0.1, -0.05) is 69.1 Å². The largest absolute Gasteiger partial charge is 0.466 e. The lowest BCUT2D eigenvalue weighted by Crippen LogP contribution is -2.25. The number of benzene rings is 2. The molecule has 2 aromatic heterocycles. The molecule has 0 radical (unpaired) electrons. The molecule has 2 aromatic carbocycles. The van der Waals surface area contributed by atoms with E-state index < -0.39 is 15.6 Å². The molecule has 4 aromatic rings. The highest BCUT2D eigenvalue weighted by molar-refractivity contribution is 7.45. The summed E-state index contributed by atoms with van der Waals surface area (Å²) in [5, 5.41) is 10.7. The smallest absolute Gasteiger partial charge is 0.382 e. The topological polar surface area (TPSA) is 212 Å². The van der Waals surface area contributed by atoms with E-state index >= 15 is 0 Å². The molecule has 2 atom stereocenters. The van der Waals surface area contributed by atoms with Crippen molar-refractivity contribution in [2.45, 2.75) is 79.3 Å². The first-order chi connectivity index (χ1) is 25.3. The van der Waals surface area contributed by atoms with Crippen LogP contribution in [0.1, 0.15) is 67.2 Å². The Bertz CT molecular complexity index is 1710. The van der Waals surface area contributed by atoms with Crippen molar-refractivity contribution in [3.63, 3.8) is 0 Å². The molecule has 0 saturated carbocycles. The van der Waals surface area contributed by atoms with E-state index in [9.17, 15) is 0 Å². The number of phosphoric acid groups is 2. The molecule has 0 bridgehead atoms. The van der Waals surface area contributed by atoms with Gasteiger partial charge in [0.25, 0.3) is 0 Å². The average molecular weight is 836 g/mol. The zero-order valence-corrected chi connectivity index (χ0v) is 35.2.